The van der Waals surface area contributed by atoms with Gasteiger partial charge in [-0.05, 0) is 49.3 Å². The molecule has 3 rings (SSSR count). The molecular formula is C28H42N4O4. The first-order valence-corrected chi connectivity index (χ1v) is 13.3. The lowest BCUT2D eigenvalue weighted by atomic mass is 9.83. The van der Waals surface area contributed by atoms with E-state index in [1.807, 2.05) is 22.9 Å². The Labute approximate surface area is 215 Å². The lowest BCUT2D eigenvalue weighted by molar-refractivity contribution is -0.124. The van der Waals surface area contributed by atoms with Crippen molar-refractivity contribution >= 4 is 11.8 Å². The number of carbonyl (C=O) groups excluding carboxylic acids is 2. The van der Waals surface area contributed by atoms with Crippen LogP contribution in [0.15, 0.2) is 24.3 Å². The average molecular weight is 499 g/mol. The van der Waals surface area contributed by atoms with Gasteiger partial charge in [-0.2, -0.15) is 5.10 Å². The number of aromatic nitrogens is 2. The summed E-state index contributed by atoms with van der Waals surface area (Å²) < 4.78 is 13.1. The van der Waals surface area contributed by atoms with Gasteiger partial charge in [0.2, 0.25) is 5.91 Å². The molecular weight excluding hydrogens is 456 g/mol. The first-order chi connectivity index (χ1) is 17.4. The highest BCUT2D eigenvalue weighted by Gasteiger charge is 2.32. The maximum atomic E-state index is 13.5. The molecule has 1 aromatic heterocycles. The third-order valence-electron chi connectivity index (χ3n) is 6.75. The van der Waals surface area contributed by atoms with Crippen molar-refractivity contribution in [2.24, 2.45) is 11.8 Å². The van der Waals surface area contributed by atoms with Gasteiger partial charge < -0.3 is 20.1 Å². The van der Waals surface area contributed by atoms with Crippen LogP contribution in [0.4, 0.5) is 0 Å². The van der Waals surface area contributed by atoms with Crippen LogP contribution >= 0.6 is 0 Å². The third-order valence-corrected chi connectivity index (χ3v) is 6.75. The van der Waals surface area contributed by atoms with Gasteiger partial charge in [0.1, 0.15) is 17.5 Å². The molecule has 1 atom stereocenters. The van der Waals surface area contributed by atoms with Crippen molar-refractivity contribution in [2.75, 3.05) is 20.8 Å². The number of methoxy groups -OCH3 is 2. The molecule has 8 nitrogen and oxygen atoms in total. The average Bonchev–Trinajstić information content (AvgIpc) is 3.29. The molecule has 36 heavy (non-hydrogen) atoms. The molecule has 198 valence electrons. The smallest absolute Gasteiger partial charge is 0.272 e. The van der Waals surface area contributed by atoms with Crippen LogP contribution in [0.3, 0.4) is 0 Å². The van der Waals surface area contributed by atoms with Crippen LogP contribution in [0.2, 0.25) is 0 Å². The maximum absolute atomic E-state index is 13.5. The SMILES string of the molecule is CCCCNC(=O)[C@@H](NC(=O)c1cc(-c2c(OC)cccc2OC)n(CC(C)C)n1)C1CCCCC1. The summed E-state index contributed by atoms with van der Waals surface area (Å²) in [6, 6.07) is 6.80. The molecule has 0 saturated heterocycles. The molecule has 0 aliphatic heterocycles. The van der Waals surface area contributed by atoms with E-state index in [1.165, 1.54) is 6.42 Å². The van der Waals surface area contributed by atoms with Gasteiger partial charge >= 0.3 is 0 Å². The summed E-state index contributed by atoms with van der Waals surface area (Å²) in [5.41, 5.74) is 1.77. The monoisotopic (exact) mass is 498 g/mol. The molecule has 8 heteroatoms. The Balaban J connectivity index is 1.93. The van der Waals surface area contributed by atoms with Crippen LogP contribution in [0, 0.1) is 11.8 Å². The summed E-state index contributed by atoms with van der Waals surface area (Å²) in [5, 5.41) is 10.7. The molecule has 1 aliphatic carbocycles. The minimum Gasteiger partial charge on any atom is -0.496 e. The zero-order valence-electron chi connectivity index (χ0n) is 22.4. The molecule has 0 unspecified atom stereocenters. The van der Waals surface area contributed by atoms with E-state index >= 15 is 0 Å². The molecule has 1 saturated carbocycles. The van der Waals surface area contributed by atoms with E-state index in [0.717, 1.165) is 49.8 Å². The van der Waals surface area contributed by atoms with E-state index in [1.54, 1.807) is 20.3 Å². The first kappa shape index (κ1) is 27.6. The number of nitrogens with zero attached hydrogens (tertiary/aromatic N) is 2. The molecule has 2 N–H and O–H groups in total. The van der Waals surface area contributed by atoms with Gasteiger partial charge in [0.05, 0.1) is 25.5 Å². The van der Waals surface area contributed by atoms with Gasteiger partial charge in [0.25, 0.3) is 5.91 Å². The van der Waals surface area contributed by atoms with Gasteiger partial charge in [-0.1, -0.05) is 52.5 Å². The summed E-state index contributed by atoms with van der Waals surface area (Å²) in [7, 11) is 3.22. The van der Waals surface area contributed by atoms with Crippen molar-refractivity contribution in [3.63, 3.8) is 0 Å². The minimum atomic E-state index is -0.561. The van der Waals surface area contributed by atoms with E-state index in [0.29, 0.717) is 30.5 Å². The van der Waals surface area contributed by atoms with E-state index in [2.05, 4.69) is 36.5 Å². The van der Waals surface area contributed by atoms with Gasteiger partial charge in [0.15, 0.2) is 5.69 Å². The predicted octanol–water partition coefficient (Wildman–Crippen LogP) is 4.82. The highest BCUT2D eigenvalue weighted by Crippen LogP contribution is 2.39. The maximum Gasteiger partial charge on any atom is 0.272 e. The summed E-state index contributed by atoms with van der Waals surface area (Å²) in [4.78, 5) is 26.6. The normalized spacial score (nSPS) is 14.9. The fourth-order valence-electron chi connectivity index (χ4n) is 4.90. The summed E-state index contributed by atoms with van der Waals surface area (Å²) >= 11 is 0. The highest BCUT2D eigenvalue weighted by molar-refractivity contribution is 5.97. The Hall–Kier alpha value is -3.03. The quantitative estimate of drug-likeness (QED) is 0.409. The molecule has 0 bridgehead atoms. The lowest BCUT2D eigenvalue weighted by Gasteiger charge is -2.29. The largest absolute Gasteiger partial charge is 0.496 e. The van der Waals surface area contributed by atoms with Crippen LogP contribution < -0.4 is 20.1 Å². The summed E-state index contributed by atoms with van der Waals surface area (Å²) in [6.07, 6.45) is 7.15. The van der Waals surface area contributed by atoms with Gasteiger partial charge in [-0.3, -0.25) is 14.3 Å². The van der Waals surface area contributed by atoms with Crippen molar-refractivity contribution in [3.05, 3.63) is 30.0 Å². The van der Waals surface area contributed by atoms with Crippen LogP contribution in [0.1, 0.15) is 76.2 Å². The topological polar surface area (TPSA) is 94.5 Å². The molecule has 0 spiro atoms. The number of amides is 2. The van der Waals surface area contributed by atoms with Crippen LogP contribution in [-0.4, -0.2) is 48.4 Å². The second kappa shape index (κ2) is 13.3. The van der Waals surface area contributed by atoms with E-state index < -0.39 is 6.04 Å². The fourth-order valence-corrected chi connectivity index (χ4v) is 4.90. The first-order valence-electron chi connectivity index (χ1n) is 13.3. The number of hydrogen-bond donors (Lipinski definition) is 2. The standard InChI is InChI=1S/C28H42N4O4/c1-6-7-16-29-28(34)26(20-12-9-8-10-13-20)30-27(33)21-17-22(32(31-21)18-19(2)3)25-23(35-4)14-11-15-24(25)36-5/h11,14-15,17,19-20,26H,6-10,12-13,16,18H2,1-5H3,(H,29,34)(H,30,33)/t26-/m0/s1. The zero-order valence-corrected chi connectivity index (χ0v) is 22.4. The number of rotatable bonds is 12. The summed E-state index contributed by atoms with van der Waals surface area (Å²) in [6.45, 7) is 7.53. The molecule has 2 amide bonds. The molecule has 1 aliphatic rings. The second-order valence-corrected chi connectivity index (χ2v) is 10.0. The predicted molar refractivity (Wildman–Crippen MR) is 141 cm³/mol. The van der Waals surface area contributed by atoms with Crippen molar-refractivity contribution < 1.29 is 19.1 Å². The van der Waals surface area contributed by atoms with Gasteiger partial charge in [0, 0.05) is 13.1 Å². The Morgan fingerprint density at radius 1 is 1.11 bits per heavy atom. The molecule has 1 fully saturated rings. The number of unbranched alkanes of at least 4 members (excludes halogenated alkanes) is 1. The van der Waals surface area contributed by atoms with E-state index in [-0.39, 0.29) is 23.4 Å². The second-order valence-electron chi connectivity index (χ2n) is 10.0. The summed E-state index contributed by atoms with van der Waals surface area (Å²) in [5.74, 6) is 1.28. The number of carbonyl (C=O) groups is 2. The highest BCUT2D eigenvalue weighted by atomic mass is 16.5. The Kier molecular flexibility index (Phi) is 10.2. The number of hydrogen-bond acceptors (Lipinski definition) is 5. The van der Waals surface area contributed by atoms with E-state index in [9.17, 15) is 9.59 Å². The van der Waals surface area contributed by atoms with Crippen LogP contribution in [0.25, 0.3) is 11.3 Å². The molecule has 0 radical (unpaired) electrons. The van der Waals surface area contributed by atoms with Gasteiger partial charge in [-0.25, -0.2) is 0 Å². The van der Waals surface area contributed by atoms with Crippen molar-refractivity contribution in [1.29, 1.82) is 0 Å². The molecule has 1 aromatic carbocycles. The lowest BCUT2D eigenvalue weighted by Crippen LogP contribution is -2.51. The Morgan fingerprint density at radius 2 is 1.78 bits per heavy atom. The number of nitrogens with one attached hydrogen (secondary N) is 2. The van der Waals surface area contributed by atoms with Gasteiger partial charge in [-0.15, -0.1) is 0 Å². The number of ether oxygens (including phenoxy) is 2. The van der Waals surface area contributed by atoms with Crippen LogP contribution in [0.5, 0.6) is 11.5 Å². The Bertz CT molecular complexity index is 989. The molecule has 2 aromatic rings. The van der Waals surface area contributed by atoms with Crippen molar-refractivity contribution in [1.82, 2.24) is 20.4 Å². The van der Waals surface area contributed by atoms with Crippen molar-refractivity contribution in [2.45, 2.75) is 78.3 Å². The third kappa shape index (κ3) is 6.80. The van der Waals surface area contributed by atoms with Crippen molar-refractivity contribution in [3.8, 4) is 22.8 Å². The number of benzene rings is 1. The van der Waals surface area contributed by atoms with Crippen LogP contribution in [-0.2, 0) is 11.3 Å². The zero-order chi connectivity index (χ0) is 26.1. The fraction of sp³-hybridized carbons (Fsp3) is 0.607. The Morgan fingerprint density at radius 3 is 2.36 bits per heavy atom. The van der Waals surface area contributed by atoms with E-state index in [4.69, 9.17) is 9.47 Å². The minimum absolute atomic E-state index is 0.100. The molecule has 1 heterocycles.